The molecular formula is C24H21F3N6OS. The Morgan fingerprint density at radius 2 is 1.83 bits per heavy atom. The molecule has 0 unspecified atom stereocenters. The van der Waals surface area contributed by atoms with Crippen molar-refractivity contribution in [2.45, 2.75) is 25.0 Å². The van der Waals surface area contributed by atoms with Gasteiger partial charge in [-0.1, -0.05) is 12.1 Å². The predicted molar refractivity (Wildman–Crippen MR) is 130 cm³/mol. The molecular weight excluding hydrogens is 477 g/mol. The molecule has 0 aliphatic heterocycles. The molecule has 0 atom stereocenters. The van der Waals surface area contributed by atoms with Crippen LogP contribution in [-0.4, -0.2) is 31.9 Å². The van der Waals surface area contributed by atoms with Gasteiger partial charge in [-0.15, -0.1) is 11.8 Å². The molecule has 0 aliphatic rings. The van der Waals surface area contributed by atoms with E-state index >= 15 is 0 Å². The Kier molecular flexibility index (Phi) is 6.79. The monoisotopic (exact) mass is 498 g/mol. The van der Waals surface area contributed by atoms with Gasteiger partial charge in [0.15, 0.2) is 5.82 Å². The summed E-state index contributed by atoms with van der Waals surface area (Å²) in [6.07, 6.45) is -1.14. The maximum absolute atomic E-state index is 13.0. The SMILES string of the molecule is CSc1cc(-n2nc(C)cc2Nc2cc(NC(=O)c3cccc(C(F)(F)F)c3)ccc2C)ncn1. The lowest BCUT2D eigenvalue weighted by Gasteiger charge is -2.14. The molecule has 4 rings (SSSR count). The first kappa shape index (κ1) is 24.3. The van der Waals surface area contributed by atoms with E-state index in [1.165, 1.54) is 30.2 Å². The number of rotatable bonds is 6. The van der Waals surface area contributed by atoms with Crippen molar-refractivity contribution < 1.29 is 18.0 Å². The minimum atomic E-state index is -4.53. The fraction of sp³-hybridized carbons (Fsp3) is 0.167. The summed E-state index contributed by atoms with van der Waals surface area (Å²) in [7, 11) is 0. The Balaban J connectivity index is 1.59. The minimum Gasteiger partial charge on any atom is -0.340 e. The van der Waals surface area contributed by atoms with E-state index in [0.29, 0.717) is 23.0 Å². The van der Waals surface area contributed by atoms with Gasteiger partial charge in [0.1, 0.15) is 17.2 Å². The number of halogens is 3. The van der Waals surface area contributed by atoms with Crippen molar-refractivity contribution in [3.63, 3.8) is 0 Å². The summed E-state index contributed by atoms with van der Waals surface area (Å²) in [5.74, 6) is 0.599. The highest BCUT2D eigenvalue weighted by Gasteiger charge is 2.30. The summed E-state index contributed by atoms with van der Waals surface area (Å²) in [5.41, 5.74) is 1.80. The second-order valence-corrected chi connectivity index (χ2v) is 8.52. The van der Waals surface area contributed by atoms with Gasteiger partial charge in [0, 0.05) is 29.1 Å². The number of carbonyl (C=O) groups is 1. The van der Waals surface area contributed by atoms with Gasteiger partial charge in [-0.2, -0.15) is 23.0 Å². The van der Waals surface area contributed by atoms with E-state index in [1.54, 1.807) is 22.9 Å². The van der Waals surface area contributed by atoms with Crippen LogP contribution in [0.15, 0.2) is 66.0 Å². The molecule has 2 aromatic heterocycles. The predicted octanol–water partition coefficient (Wildman–Crippen LogP) is 6.02. The third-order valence-corrected chi connectivity index (χ3v) is 5.74. The van der Waals surface area contributed by atoms with Gasteiger partial charge in [-0.05, 0) is 56.0 Å². The third kappa shape index (κ3) is 5.62. The standard InChI is InChI=1S/C24H21F3N6OS/c1-14-7-8-18(30-23(34)16-5-4-6-17(10-16)24(25,26)27)11-19(14)31-21-9-15(2)32-33(21)20-12-22(35-3)29-13-28-20/h4-13,31H,1-3H3,(H,30,34). The number of benzene rings is 2. The normalized spacial score (nSPS) is 11.4. The molecule has 7 nitrogen and oxygen atoms in total. The number of nitrogens with zero attached hydrogens (tertiary/aromatic N) is 4. The number of amides is 1. The Morgan fingerprint density at radius 1 is 1.03 bits per heavy atom. The van der Waals surface area contributed by atoms with Crippen molar-refractivity contribution in [1.29, 1.82) is 0 Å². The molecule has 180 valence electrons. The summed E-state index contributed by atoms with van der Waals surface area (Å²) < 4.78 is 40.7. The second-order valence-electron chi connectivity index (χ2n) is 7.69. The molecule has 11 heteroatoms. The van der Waals surface area contributed by atoms with Crippen molar-refractivity contribution in [3.05, 3.63) is 83.3 Å². The van der Waals surface area contributed by atoms with E-state index < -0.39 is 17.6 Å². The zero-order valence-corrected chi connectivity index (χ0v) is 19.8. The van der Waals surface area contributed by atoms with Crippen molar-refractivity contribution in [3.8, 4) is 5.82 Å². The van der Waals surface area contributed by atoms with Crippen LogP contribution >= 0.6 is 11.8 Å². The highest BCUT2D eigenvalue weighted by atomic mass is 32.2. The molecule has 0 aliphatic carbocycles. The summed E-state index contributed by atoms with van der Waals surface area (Å²) in [4.78, 5) is 21.1. The van der Waals surface area contributed by atoms with Gasteiger partial charge < -0.3 is 10.6 Å². The maximum Gasteiger partial charge on any atom is 0.416 e. The maximum atomic E-state index is 13.0. The van der Waals surface area contributed by atoms with Crippen LogP contribution in [0.2, 0.25) is 0 Å². The third-order valence-electron chi connectivity index (χ3n) is 5.10. The van der Waals surface area contributed by atoms with Crippen LogP contribution in [0, 0.1) is 13.8 Å². The van der Waals surface area contributed by atoms with Gasteiger partial charge in [0.25, 0.3) is 5.91 Å². The number of thioether (sulfide) groups is 1. The molecule has 0 spiro atoms. The number of anilines is 3. The number of aromatic nitrogens is 4. The van der Waals surface area contributed by atoms with Crippen LogP contribution in [0.1, 0.15) is 27.2 Å². The van der Waals surface area contributed by atoms with Crippen LogP contribution in [0.25, 0.3) is 5.82 Å². The van der Waals surface area contributed by atoms with Gasteiger partial charge in [-0.3, -0.25) is 4.79 Å². The molecule has 1 amide bonds. The highest BCUT2D eigenvalue weighted by molar-refractivity contribution is 7.98. The summed E-state index contributed by atoms with van der Waals surface area (Å²) in [6, 6.07) is 13.2. The molecule has 0 radical (unpaired) electrons. The molecule has 0 saturated heterocycles. The number of nitrogens with one attached hydrogen (secondary N) is 2. The van der Waals surface area contributed by atoms with Gasteiger partial charge in [0.05, 0.1) is 11.3 Å². The molecule has 0 saturated carbocycles. The van der Waals surface area contributed by atoms with Crippen LogP contribution < -0.4 is 10.6 Å². The second kappa shape index (κ2) is 9.79. The molecule has 2 aromatic carbocycles. The quantitative estimate of drug-likeness (QED) is 0.250. The van der Waals surface area contributed by atoms with Crippen molar-refractivity contribution in [2.24, 2.45) is 0 Å². The number of carbonyl (C=O) groups excluding carboxylic acids is 1. The van der Waals surface area contributed by atoms with Crippen molar-refractivity contribution >= 4 is 34.9 Å². The smallest absolute Gasteiger partial charge is 0.340 e. The van der Waals surface area contributed by atoms with Crippen LogP contribution in [0.5, 0.6) is 0 Å². The summed E-state index contributed by atoms with van der Waals surface area (Å²) in [5, 5.41) is 11.3. The van der Waals surface area contributed by atoms with E-state index in [4.69, 9.17) is 0 Å². The number of hydrogen-bond donors (Lipinski definition) is 2. The molecule has 35 heavy (non-hydrogen) atoms. The Labute approximate surface area is 203 Å². The fourth-order valence-electron chi connectivity index (χ4n) is 3.33. The molecule has 0 bridgehead atoms. The number of hydrogen-bond acceptors (Lipinski definition) is 6. The fourth-order valence-corrected chi connectivity index (χ4v) is 3.71. The first-order valence-electron chi connectivity index (χ1n) is 10.4. The zero-order chi connectivity index (χ0) is 25.2. The number of aryl methyl sites for hydroxylation is 2. The Bertz CT molecular complexity index is 1390. The highest BCUT2D eigenvalue weighted by Crippen LogP contribution is 2.30. The van der Waals surface area contributed by atoms with Gasteiger partial charge >= 0.3 is 6.18 Å². The van der Waals surface area contributed by atoms with E-state index in [-0.39, 0.29) is 5.56 Å². The lowest BCUT2D eigenvalue weighted by atomic mass is 10.1. The van der Waals surface area contributed by atoms with Crippen LogP contribution in [-0.2, 0) is 6.18 Å². The largest absolute Gasteiger partial charge is 0.416 e. The summed E-state index contributed by atoms with van der Waals surface area (Å²) in [6.45, 7) is 3.75. The first-order valence-corrected chi connectivity index (χ1v) is 11.7. The Hall–Kier alpha value is -3.86. The topological polar surface area (TPSA) is 84.7 Å². The van der Waals surface area contributed by atoms with E-state index in [1.807, 2.05) is 32.2 Å². The van der Waals surface area contributed by atoms with Crippen LogP contribution in [0.3, 0.4) is 0 Å². The average Bonchev–Trinajstić information content (AvgIpc) is 3.20. The molecule has 0 fully saturated rings. The van der Waals surface area contributed by atoms with Crippen molar-refractivity contribution in [2.75, 3.05) is 16.9 Å². The van der Waals surface area contributed by atoms with E-state index in [0.717, 1.165) is 28.4 Å². The van der Waals surface area contributed by atoms with E-state index in [2.05, 4.69) is 25.7 Å². The minimum absolute atomic E-state index is 0.0861. The zero-order valence-electron chi connectivity index (χ0n) is 19.0. The molecule has 2 heterocycles. The number of alkyl halides is 3. The average molecular weight is 499 g/mol. The van der Waals surface area contributed by atoms with Gasteiger partial charge in [-0.25, -0.2) is 9.97 Å². The van der Waals surface area contributed by atoms with Gasteiger partial charge in [0.2, 0.25) is 0 Å². The Morgan fingerprint density at radius 3 is 2.57 bits per heavy atom. The lowest BCUT2D eigenvalue weighted by Crippen LogP contribution is -2.14. The van der Waals surface area contributed by atoms with Crippen molar-refractivity contribution in [1.82, 2.24) is 19.7 Å². The molecule has 4 aromatic rings. The summed E-state index contributed by atoms with van der Waals surface area (Å²) >= 11 is 1.49. The molecule has 2 N–H and O–H groups in total. The van der Waals surface area contributed by atoms with E-state index in [9.17, 15) is 18.0 Å². The lowest BCUT2D eigenvalue weighted by molar-refractivity contribution is -0.137. The van der Waals surface area contributed by atoms with Crippen LogP contribution in [0.4, 0.5) is 30.4 Å². The first-order chi connectivity index (χ1) is 16.6.